The number of esters is 1. The zero-order chi connectivity index (χ0) is 10.3. The lowest BCUT2D eigenvalue weighted by Gasteiger charge is -2.05. The second-order valence-corrected chi connectivity index (χ2v) is 2.73. The Labute approximate surface area is 77.1 Å². The number of carbonyl (C=O) groups excluding carboxylic acids is 2. The molecule has 0 aliphatic carbocycles. The van der Waals surface area contributed by atoms with Gasteiger partial charge in [0.15, 0.2) is 0 Å². The zero-order valence-electron chi connectivity index (χ0n) is 7.87. The molecule has 1 amide bonds. The molecule has 0 aromatic rings. The molecule has 0 aliphatic rings. The Hall–Kier alpha value is -1.10. The highest BCUT2D eigenvalue weighted by molar-refractivity contribution is 5.81. The summed E-state index contributed by atoms with van der Waals surface area (Å²) in [6.07, 6.45) is -0.399. The highest BCUT2D eigenvalue weighted by atomic mass is 16.5. The van der Waals surface area contributed by atoms with E-state index in [0.29, 0.717) is 0 Å². The molecule has 0 saturated heterocycles. The van der Waals surface area contributed by atoms with Crippen LogP contribution in [0, 0.1) is 0 Å². The zero-order valence-corrected chi connectivity index (χ0v) is 7.87. The summed E-state index contributed by atoms with van der Waals surface area (Å²) in [6, 6.07) is 0. The number of ether oxygens (including phenoxy) is 1. The van der Waals surface area contributed by atoms with Gasteiger partial charge in [-0.1, -0.05) is 0 Å². The van der Waals surface area contributed by atoms with Crippen molar-refractivity contribution in [3.63, 3.8) is 0 Å². The van der Waals surface area contributed by atoms with Crippen molar-refractivity contribution >= 4 is 11.9 Å². The molecule has 1 atom stereocenters. The normalized spacial score (nSPS) is 11.9. The SMILES string of the molecule is COC(=O)CCC(=O)NCC(C)O. The van der Waals surface area contributed by atoms with E-state index in [1.807, 2.05) is 0 Å². The maximum atomic E-state index is 10.9. The summed E-state index contributed by atoms with van der Waals surface area (Å²) in [5, 5.41) is 11.3. The average Bonchev–Trinajstić information content (AvgIpc) is 2.10. The number of carbonyl (C=O) groups is 2. The number of aliphatic hydroxyl groups is 1. The summed E-state index contributed by atoms with van der Waals surface area (Å²) in [7, 11) is 1.27. The predicted molar refractivity (Wildman–Crippen MR) is 45.9 cm³/mol. The molecule has 0 bridgehead atoms. The van der Waals surface area contributed by atoms with E-state index in [-0.39, 0.29) is 25.3 Å². The number of rotatable bonds is 5. The Balaban J connectivity index is 3.46. The molecule has 5 heteroatoms. The van der Waals surface area contributed by atoms with Gasteiger partial charge in [-0.25, -0.2) is 0 Å². The lowest BCUT2D eigenvalue weighted by atomic mass is 10.3. The van der Waals surface area contributed by atoms with Crippen molar-refractivity contribution in [3.8, 4) is 0 Å². The van der Waals surface area contributed by atoms with E-state index in [1.165, 1.54) is 7.11 Å². The first-order chi connectivity index (χ1) is 6.06. The first-order valence-corrected chi connectivity index (χ1v) is 4.08. The first kappa shape index (κ1) is 11.9. The summed E-state index contributed by atoms with van der Waals surface area (Å²) in [6.45, 7) is 1.78. The maximum Gasteiger partial charge on any atom is 0.306 e. The topological polar surface area (TPSA) is 75.6 Å². The van der Waals surface area contributed by atoms with Crippen LogP contribution in [0.4, 0.5) is 0 Å². The van der Waals surface area contributed by atoms with Crippen molar-refractivity contribution < 1.29 is 19.4 Å². The van der Waals surface area contributed by atoms with Gasteiger partial charge < -0.3 is 15.2 Å². The van der Waals surface area contributed by atoms with Crippen LogP contribution in [0.15, 0.2) is 0 Å². The van der Waals surface area contributed by atoms with Crippen LogP contribution in [0.1, 0.15) is 19.8 Å². The molecule has 76 valence electrons. The Morgan fingerprint density at radius 2 is 2.08 bits per heavy atom. The molecule has 2 N–H and O–H groups in total. The molecule has 5 nitrogen and oxygen atoms in total. The van der Waals surface area contributed by atoms with Crippen LogP contribution in [0.5, 0.6) is 0 Å². The van der Waals surface area contributed by atoms with Crippen molar-refractivity contribution in [2.45, 2.75) is 25.9 Å². The van der Waals surface area contributed by atoms with E-state index >= 15 is 0 Å². The number of nitrogens with one attached hydrogen (secondary N) is 1. The first-order valence-electron chi connectivity index (χ1n) is 4.08. The smallest absolute Gasteiger partial charge is 0.306 e. The minimum Gasteiger partial charge on any atom is -0.469 e. The number of hydrogen-bond acceptors (Lipinski definition) is 4. The number of aliphatic hydroxyl groups excluding tert-OH is 1. The van der Waals surface area contributed by atoms with Gasteiger partial charge in [0.2, 0.25) is 5.91 Å². The van der Waals surface area contributed by atoms with Crippen LogP contribution in [-0.4, -0.2) is 36.7 Å². The summed E-state index contributed by atoms with van der Waals surface area (Å²) >= 11 is 0. The minimum absolute atomic E-state index is 0.0716. The molecule has 0 saturated carbocycles. The standard InChI is InChI=1S/C8H15NO4/c1-6(10)5-9-7(11)3-4-8(12)13-2/h6,10H,3-5H2,1-2H3,(H,9,11). The van der Waals surface area contributed by atoms with Crippen LogP contribution in [0.2, 0.25) is 0 Å². The second kappa shape index (κ2) is 6.42. The highest BCUT2D eigenvalue weighted by Crippen LogP contribution is 1.91. The van der Waals surface area contributed by atoms with Crippen LogP contribution >= 0.6 is 0 Å². The fraction of sp³-hybridized carbons (Fsp3) is 0.750. The van der Waals surface area contributed by atoms with E-state index in [2.05, 4.69) is 10.1 Å². The minimum atomic E-state index is -0.568. The summed E-state index contributed by atoms with van der Waals surface area (Å²) in [5.41, 5.74) is 0. The van der Waals surface area contributed by atoms with Crippen molar-refractivity contribution in [2.75, 3.05) is 13.7 Å². The molecular formula is C8H15NO4. The lowest BCUT2D eigenvalue weighted by Crippen LogP contribution is -2.30. The predicted octanol–water partition coefficient (Wildman–Crippen LogP) is -0.563. The van der Waals surface area contributed by atoms with Crippen LogP contribution in [0.25, 0.3) is 0 Å². The van der Waals surface area contributed by atoms with E-state index in [9.17, 15) is 9.59 Å². The van der Waals surface area contributed by atoms with E-state index < -0.39 is 12.1 Å². The average molecular weight is 189 g/mol. The Morgan fingerprint density at radius 1 is 1.46 bits per heavy atom. The van der Waals surface area contributed by atoms with Gasteiger partial charge in [0.1, 0.15) is 0 Å². The van der Waals surface area contributed by atoms with Crippen molar-refractivity contribution in [2.24, 2.45) is 0 Å². The molecule has 13 heavy (non-hydrogen) atoms. The molecule has 0 aliphatic heterocycles. The number of amides is 1. The molecule has 0 rings (SSSR count). The summed E-state index contributed by atoms with van der Waals surface area (Å²) in [5.74, 6) is -0.668. The molecule has 0 heterocycles. The van der Waals surface area contributed by atoms with Crippen LogP contribution in [0.3, 0.4) is 0 Å². The molecule has 1 unspecified atom stereocenters. The van der Waals surface area contributed by atoms with Gasteiger partial charge in [0.05, 0.1) is 19.6 Å². The Morgan fingerprint density at radius 3 is 2.54 bits per heavy atom. The van der Waals surface area contributed by atoms with Gasteiger partial charge in [-0.3, -0.25) is 9.59 Å². The fourth-order valence-corrected chi connectivity index (χ4v) is 0.668. The van der Waals surface area contributed by atoms with Gasteiger partial charge in [-0.05, 0) is 6.92 Å². The maximum absolute atomic E-state index is 10.9. The molecule has 0 fully saturated rings. The largest absolute Gasteiger partial charge is 0.469 e. The van der Waals surface area contributed by atoms with E-state index in [1.54, 1.807) is 6.92 Å². The van der Waals surface area contributed by atoms with Crippen LogP contribution < -0.4 is 5.32 Å². The highest BCUT2D eigenvalue weighted by Gasteiger charge is 2.06. The van der Waals surface area contributed by atoms with Crippen molar-refractivity contribution in [3.05, 3.63) is 0 Å². The molecular weight excluding hydrogens is 174 g/mol. The second-order valence-electron chi connectivity index (χ2n) is 2.73. The Kier molecular flexibility index (Phi) is 5.88. The Bertz CT molecular complexity index is 179. The molecule has 0 aromatic carbocycles. The quantitative estimate of drug-likeness (QED) is 0.568. The van der Waals surface area contributed by atoms with Crippen molar-refractivity contribution in [1.29, 1.82) is 0 Å². The van der Waals surface area contributed by atoms with Crippen LogP contribution in [-0.2, 0) is 14.3 Å². The summed E-state index contributed by atoms with van der Waals surface area (Å²) in [4.78, 5) is 21.5. The third-order valence-corrected chi connectivity index (χ3v) is 1.38. The fourth-order valence-electron chi connectivity index (χ4n) is 0.668. The number of hydrogen-bond donors (Lipinski definition) is 2. The third-order valence-electron chi connectivity index (χ3n) is 1.38. The third kappa shape index (κ3) is 7.27. The van der Waals surface area contributed by atoms with E-state index in [4.69, 9.17) is 5.11 Å². The van der Waals surface area contributed by atoms with Crippen molar-refractivity contribution in [1.82, 2.24) is 5.32 Å². The number of methoxy groups -OCH3 is 1. The summed E-state index contributed by atoms with van der Waals surface area (Å²) < 4.78 is 4.36. The molecule has 0 spiro atoms. The van der Waals surface area contributed by atoms with Gasteiger partial charge >= 0.3 is 5.97 Å². The van der Waals surface area contributed by atoms with Gasteiger partial charge in [0.25, 0.3) is 0 Å². The van der Waals surface area contributed by atoms with Gasteiger partial charge in [-0.15, -0.1) is 0 Å². The lowest BCUT2D eigenvalue weighted by molar-refractivity contribution is -0.142. The monoisotopic (exact) mass is 189 g/mol. The molecule has 0 radical (unpaired) electrons. The van der Waals surface area contributed by atoms with Gasteiger partial charge in [-0.2, -0.15) is 0 Å². The van der Waals surface area contributed by atoms with E-state index in [0.717, 1.165) is 0 Å². The van der Waals surface area contributed by atoms with Gasteiger partial charge in [0, 0.05) is 13.0 Å². The molecule has 0 aromatic heterocycles.